The Balaban J connectivity index is 1.55. The summed E-state index contributed by atoms with van der Waals surface area (Å²) in [4.78, 5) is 31.7. The van der Waals surface area contributed by atoms with E-state index in [2.05, 4.69) is 10.1 Å². The van der Waals surface area contributed by atoms with E-state index in [0.717, 1.165) is 11.4 Å². The third-order valence-electron chi connectivity index (χ3n) is 6.31. The molecule has 3 aromatic rings. The molecular weight excluding hydrogens is 438 g/mol. The van der Waals surface area contributed by atoms with Crippen LogP contribution in [0, 0.1) is 0 Å². The molecule has 1 N–H and O–H groups in total. The van der Waals surface area contributed by atoms with Crippen molar-refractivity contribution in [2.45, 2.75) is 57.8 Å². The third-order valence-corrected chi connectivity index (χ3v) is 6.31. The highest BCUT2D eigenvalue weighted by Crippen LogP contribution is 2.33. The number of piperidine rings is 1. The molecule has 0 aliphatic carbocycles. The number of fused-ring (bicyclic) bond motifs is 1. The Bertz CT molecular complexity index is 1230. The summed E-state index contributed by atoms with van der Waals surface area (Å²) in [5.41, 5.74) is -0.834. The molecule has 0 saturated carbocycles. The fraction of sp³-hybridized carbons (Fsp3) is 0.500. The summed E-state index contributed by atoms with van der Waals surface area (Å²) >= 11 is 0. The van der Waals surface area contributed by atoms with Crippen molar-refractivity contribution in [2.75, 3.05) is 20.2 Å². The van der Waals surface area contributed by atoms with Crippen molar-refractivity contribution in [3.63, 3.8) is 0 Å². The first-order valence-electron chi connectivity index (χ1n) is 11.3. The number of methoxy groups -OCH3 is 1. The summed E-state index contributed by atoms with van der Waals surface area (Å²) in [5.74, 6) is 0.718. The smallest absolute Gasteiger partial charge is 0.410 e. The van der Waals surface area contributed by atoms with Gasteiger partial charge < -0.3 is 19.5 Å². The number of likely N-dealkylation sites (tertiary alicyclic amines) is 1. The number of amides is 1. The Morgan fingerprint density at radius 1 is 1.18 bits per heavy atom. The van der Waals surface area contributed by atoms with E-state index in [4.69, 9.17) is 9.47 Å². The molecule has 0 unspecified atom stereocenters. The van der Waals surface area contributed by atoms with Crippen LogP contribution < -0.4 is 10.3 Å². The van der Waals surface area contributed by atoms with E-state index in [0.29, 0.717) is 37.0 Å². The lowest BCUT2D eigenvalue weighted by molar-refractivity contribution is -0.0607. The van der Waals surface area contributed by atoms with Gasteiger partial charge in [0.05, 0.1) is 30.6 Å². The van der Waals surface area contributed by atoms with Gasteiger partial charge >= 0.3 is 6.09 Å². The Kier molecular flexibility index (Phi) is 6.11. The molecule has 0 bridgehead atoms. The van der Waals surface area contributed by atoms with Crippen LogP contribution in [0.25, 0.3) is 16.7 Å². The molecule has 3 heterocycles. The maximum atomic E-state index is 13.3. The Hall–Kier alpha value is -3.40. The van der Waals surface area contributed by atoms with E-state index in [1.165, 1.54) is 17.1 Å². The van der Waals surface area contributed by atoms with Gasteiger partial charge in [-0.1, -0.05) is 0 Å². The van der Waals surface area contributed by atoms with Crippen molar-refractivity contribution in [3.05, 3.63) is 47.1 Å². The molecule has 1 aliphatic heterocycles. The van der Waals surface area contributed by atoms with Crippen LogP contribution in [-0.2, 0) is 4.74 Å². The van der Waals surface area contributed by atoms with Crippen LogP contribution >= 0.6 is 0 Å². The predicted molar refractivity (Wildman–Crippen MR) is 126 cm³/mol. The topological polar surface area (TPSA) is 112 Å². The van der Waals surface area contributed by atoms with Gasteiger partial charge in [0.25, 0.3) is 5.56 Å². The summed E-state index contributed by atoms with van der Waals surface area (Å²) < 4.78 is 13.7. The fourth-order valence-corrected chi connectivity index (χ4v) is 4.19. The first-order valence-corrected chi connectivity index (χ1v) is 11.3. The molecule has 1 saturated heterocycles. The largest absolute Gasteiger partial charge is 0.497 e. The van der Waals surface area contributed by atoms with Crippen LogP contribution in [0.5, 0.6) is 5.75 Å². The molecule has 1 aliphatic rings. The number of ether oxygens (including phenoxy) is 2. The third kappa shape index (κ3) is 4.50. The highest BCUT2D eigenvalue weighted by molar-refractivity contribution is 5.75. The van der Waals surface area contributed by atoms with Gasteiger partial charge in [-0.25, -0.2) is 14.5 Å². The average Bonchev–Trinajstić information content (AvgIpc) is 3.23. The van der Waals surface area contributed by atoms with Gasteiger partial charge in [-0.15, -0.1) is 0 Å². The first-order chi connectivity index (χ1) is 16.0. The fourth-order valence-electron chi connectivity index (χ4n) is 4.19. The second kappa shape index (κ2) is 8.75. The second-order valence-electron chi connectivity index (χ2n) is 9.70. The van der Waals surface area contributed by atoms with E-state index in [9.17, 15) is 14.7 Å². The van der Waals surface area contributed by atoms with Crippen LogP contribution in [0.15, 0.2) is 41.6 Å². The molecule has 0 spiro atoms. The Morgan fingerprint density at radius 3 is 2.41 bits per heavy atom. The summed E-state index contributed by atoms with van der Waals surface area (Å²) in [6, 6.07) is 6.75. The quantitative estimate of drug-likeness (QED) is 0.625. The number of hydrogen-bond donors (Lipinski definition) is 1. The maximum absolute atomic E-state index is 13.3. The summed E-state index contributed by atoms with van der Waals surface area (Å²) in [6.45, 7) is 7.94. The SMILES string of the molecule is COc1ccc(-n2ncc3c(=O)n([C@@H](C)C4(O)CCN(C(=O)OC(C)(C)C)CC4)cnc32)cc1. The molecule has 2 aromatic heterocycles. The first kappa shape index (κ1) is 23.7. The number of aromatic nitrogens is 4. The molecule has 0 radical (unpaired) electrons. The van der Waals surface area contributed by atoms with Crippen molar-refractivity contribution < 1.29 is 19.4 Å². The van der Waals surface area contributed by atoms with Crippen LogP contribution in [0.1, 0.15) is 46.6 Å². The normalized spacial score (nSPS) is 16.9. The molecule has 10 heteroatoms. The van der Waals surface area contributed by atoms with Gasteiger partial charge in [-0.2, -0.15) is 5.10 Å². The molecule has 4 rings (SSSR count). The lowest BCUT2D eigenvalue weighted by atomic mass is 9.85. The molecule has 1 amide bonds. The van der Waals surface area contributed by atoms with E-state index >= 15 is 0 Å². The Labute approximate surface area is 197 Å². The van der Waals surface area contributed by atoms with Crippen LogP contribution in [0.2, 0.25) is 0 Å². The van der Waals surface area contributed by atoms with Crippen LogP contribution in [0.4, 0.5) is 4.79 Å². The molecule has 10 nitrogen and oxygen atoms in total. The van der Waals surface area contributed by atoms with E-state index < -0.39 is 23.3 Å². The monoisotopic (exact) mass is 469 g/mol. The van der Waals surface area contributed by atoms with Gasteiger partial charge in [-0.3, -0.25) is 9.36 Å². The molecule has 1 aromatic carbocycles. The zero-order valence-electron chi connectivity index (χ0n) is 20.2. The number of hydrogen-bond acceptors (Lipinski definition) is 7. The second-order valence-corrected chi connectivity index (χ2v) is 9.70. The van der Waals surface area contributed by atoms with Crippen molar-refractivity contribution in [1.29, 1.82) is 0 Å². The number of rotatable bonds is 4. The van der Waals surface area contributed by atoms with Gasteiger partial charge in [0, 0.05) is 13.1 Å². The van der Waals surface area contributed by atoms with Crippen molar-refractivity contribution in [2.24, 2.45) is 0 Å². The average molecular weight is 470 g/mol. The zero-order chi connectivity index (χ0) is 24.7. The molecular formula is C24H31N5O5. The molecule has 1 atom stereocenters. The zero-order valence-corrected chi connectivity index (χ0v) is 20.2. The van der Waals surface area contributed by atoms with Crippen LogP contribution in [0.3, 0.4) is 0 Å². The van der Waals surface area contributed by atoms with E-state index in [1.807, 2.05) is 45.0 Å². The number of nitrogens with zero attached hydrogens (tertiary/aromatic N) is 5. The minimum absolute atomic E-state index is 0.278. The lowest BCUT2D eigenvalue weighted by Gasteiger charge is -2.42. The standard InChI is InChI=1S/C24H31N5O5/c1-16(24(32)10-12-27(13-11-24)22(31)34-23(2,3)4)28-15-25-20-19(21(28)30)14-26-29(20)17-6-8-18(33-5)9-7-17/h6-9,14-16,32H,10-13H2,1-5H3/t16-/m0/s1. The number of benzene rings is 1. The predicted octanol–water partition coefficient (Wildman–Crippen LogP) is 2.91. The van der Waals surface area contributed by atoms with Crippen molar-refractivity contribution in [3.8, 4) is 11.4 Å². The Morgan fingerprint density at radius 2 is 1.82 bits per heavy atom. The highest BCUT2D eigenvalue weighted by atomic mass is 16.6. The van der Waals surface area contributed by atoms with Gasteiger partial charge in [0.2, 0.25) is 0 Å². The maximum Gasteiger partial charge on any atom is 0.410 e. The van der Waals surface area contributed by atoms with Crippen LogP contribution in [-0.4, -0.2) is 66.8 Å². The number of aliphatic hydroxyl groups is 1. The summed E-state index contributed by atoms with van der Waals surface area (Å²) in [7, 11) is 1.60. The van der Waals surface area contributed by atoms with Crippen molar-refractivity contribution in [1.82, 2.24) is 24.2 Å². The molecule has 182 valence electrons. The van der Waals surface area contributed by atoms with Gasteiger partial charge in [0.1, 0.15) is 23.1 Å². The molecule has 34 heavy (non-hydrogen) atoms. The van der Waals surface area contributed by atoms with Crippen molar-refractivity contribution >= 4 is 17.1 Å². The van der Waals surface area contributed by atoms with E-state index in [1.54, 1.807) is 23.6 Å². The minimum Gasteiger partial charge on any atom is -0.497 e. The van der Waals surface area contributed by atoms with E-state index in [-0.39, 0.29) is 5.56 Å². The highest BCUT2D eigenvalue weighted by Gasteiger charge is 2.41. The van der Waals surface area contributed by atoms with Gasteiger partial charge in [0.15, 0.2) is 5.65 Å². The van der Waals surface area contributed by atoms with Gasteiger partial charge in [-0.05, 0) is 64.8 Å². The number of carbonyl (C=O) groups excluding carboxylic acids is 1. The molecule has 1 fully saturated rings. The lowest BCUT2D eigenvalue weighted by Crippen LogP contribution is -2.52. The summed E-state index contributed by atoms with van der Waals surface area (Å²) in [6.07, 6.45) is 3.20. The summed E-state index contributed by atoms with van der Waals surface area (Å²) in [5, 5.41) is 16.1. The minimum atomic E-state index is -1.16. The number of carbonyl (C=O) groups is 1.